The van der Waals surface area contributed by atoms with Crippen molar-refractivity contribution in [3.8, 4) is 0 Å². The van der Waals surface area contributed by atoms with Gasteiger partial charge in [-0.3, -0.25) is 5.10 Å². The molecule has 0 aliphatic carbocycles. The van der Waals surface area contributed by atoms with Crippen molar-refractivity contribution in [3.05, 3.63) is 60.3 Å². The van der Waals surface area contributed by atoms with E-state index in [0.717, 1.165) is 23.0 Å². The van der Waals surface area contributed by atoms with Gasteiger partial charge in [0.2, 0.25) is 0 Å². The van der Waals surface area contributed by atoms with Crippen molar-refractivity contribution in [2.75, 3.05) is 5.32 Å². The van der Waals surface area contributed by atoms with Gasteiger partial charge in [-0.15, -0.1) is 0 Å². The number of benzene rings is 2. The standard InChI is InChI=1S/C18H21N3/c1-13(2)10-18(14-6-4-3-5-7-14)20-16-8-9-17-15(11-16)12-19-21-17/h3-9,11-13,18,20H,10H2,1-2H3,(H,19,21). The molecule has 3 aromatic rings. The topological polar surface area (TPSA) is 40.7 Å². The molecule has 3 rings (SSSR count). The highest BCUT2D eigenvalue weighted by Crippen LogP contribution is 2.27. The van der Waals surface area contributed by atoms with Crippen LogP contribution in [0.3, 0.4) is 0 Å². The van der Waals surface area contributed by atoms with Crippen molar-refractivity contribution in [1.82, 2.24) is 10.2 Å². The number of aromatic amines is 1. The van der Waals surface area contributed by atoms with Gasteiger partial charge in [0, 0.05) is 11.1 Å². The lowest BCUT2D eigenvalue weighted by atomic mass is 9.96. The van der Waals surface area contributed by atoms with Crippen LogP contribution in [0.5, 0.6) is 0 Å². The Kier molecular flexibility index (Phi) is 3.91. The lowest BCUT2D eigenvalue weighted by molar-refractivity contribution is 0.531. The summed E-state index contributed by atoms with van der Waals surface area (Å²) in [6, 6.07) is 17.3. The number of fused-ring (bicyclic) bond motifs is 1. The van der Waals surface area contributed by atoms with Crippen molar-refractivity contribution >= 4 is 16.6 Å². The van der Waals surface area contributed by atoms with E-state index < -0.39 is 0 Å². The van der Waals surface area contributed by atoms with E-state index >= 15 is 0 Å². The predicted octanol–water partition coefficient (Wildman–Crippen LogP) is 4.76. The molecule has 1 unspecified atom stereocenters. The Hall–Kier alpha value is -2.29. The van der Waals surface area contributed by atoms with Crippen LogP contribution >= 0.6 is 0 Å². The monoisotopic (exact) mass is 279 g/mol. The normalized spacial score (nSPS) is 12.7. The van der Waals surface area contributed by atoms with E-state index in [0.29, 0.717) is 12.0 Å². The molecule has 3 nitrogen and oxygen atoms in total. The second-order valence-electron chi connectivity index (χ2n) is 5.91. The van der Waals surface area contributed by atoms with Crippen LogP contribution in [0.25, 0.3) is 10.9 Å². The molecule has 0 saturated heterocycles. The Morgan fingerprint density at radius 1 is 1.10 bits per heavy atom. The molecule has 0 fully saturated rings. The van der Waals surface area contributed by atoms with Gasteiger partial charge in [-0.2, -0.15) is 5.10 Å². The third-order valence-electron chi connectivity index (χ3n) is 3.69. The van der Waals surface area contributed by atoms with Gasteiger partial charge >= 0.3 is 0 Å². The summed E-state index contributed by atoms with van der Waals surface area (Å²) in [6.45, 7) is 4.52. The van der Waals surface area contributed by atoms with Gasteiger partial charge in [-0.05, 0) is 36.1 Å². The Morgan fingerprint density at radius 3 is 2.67 bits per heavy atom. The fourth-order valence-corrected chi connectivity index (χ4v) is 2.67. The smallest absolute Gasteiger partial charge is 0.0651 e. The first-order chi connectivity index (χ1) is 10.2. The molecule has 0 aliphatic rings. The maximum Gasteiger partial charge on any atom is 0.0651 e. The summed E-state index contributed by atoms with van der Waals surface area (Å²) in [5.74, 6) is 0.639. The maximum atomic E-state index is 4.08. The molecular weight excluding hydrogens is 258 g/mol. The fraction of sp³-hybridized carbons (Fsp3) is 0.278. The van der Waals surface area contributed by atoms with Gasteiger partial charge < -0.3 is 5.32 Å². The Bertz CT molecular complexity index is 701. The summed E-state index contributed by atoms with van der Waals surface area (Å²) >= 11 is 0. The van der Waals surface area contributed by atoms with E-state index in [2.05, 4.69) is 77.9 Å². The van der Waals surface area contributed by atoms with Gasteiger partial charge in [0.25, 0.3) is 0 Å². The highest BCUT2D eigenvalue weighted by molar-refractivity contribution is 5.81. The molecule has 0 bridgehead atoms. The summed E-state index contributed by atoms with van der Waals surface area (Å²) in [5, 5.41) is 11.9. The van der Waals surface area contributed by atoms with Gasteiger partial charge in [-0.1, -0.05) is 44.2 Å². The third kappa shape index (κ3) is 3.24. The summed E-state index contributed by atoms with van der Waals surface area (Å²) in [6.07, 6.45) is 2.97. The second kappa shape index (κ2) is 6.00. The number of H-pyrrole nitrogens is 1. The molecule has 21 heavy (non-hydrogen) atoms. The molecular formula is C18H21N3. The molecule has 1 aromatic heterocycles. The minimum Gasteiger partial charge on any atom is -0.378 e. The number of nitrogens with zero attached hydrogens (tertiary/aromatic N) is 1. The molecule has 2 N–H and O–H groups in total. The zero-order chi connectivity index (χ0) is 14.7. The van der Waals surface area contributed by atoms with E-state index in [1.165, 1.54) is 5.56 Å². The average Bonchev–Trinajstić information content (AvgIpc) is 2.94. The minimum absolute atomic E-state index is 0.329. The van der Waals surface area contributed by atoms with Crippen LogP contribution in [0, 0.1) is 5.92 Å². The zero-order valence-electron chi connectivity index (χ0n) is 12.5. The van der Waals surface area contributed by atoms with Gasteiger partial charge in [0.05, 0.1) is 17.8 Å². The number of aromatic nitrogens is 2. The molecule has 3 heteroatoms. The molecule has 0 spiro atoms. The number of hydrogen-bond donors (Lipinski definition) is 2. The van der Waals surface area contributed by atoms with Crippen molar-refractivity contribution in [1.29, 1.82) is 0 Å². The molecule has 0 saturated carbocycles. The molecule has 2 aromatic carbocycles. The molecule has 1 atom stereocenters. The van der Waals surface area contributed by atoms with E-state index in [1.54, 1.807) is 0 Å². The largest absolute Gasteiger partial charge is 0.378 e. The fourth-order valence-electron chi connectivity index (χ4n) is 2.67. The number of anilines is 1. The first kappa shape index (κ1) is 13.7. The molecule has 1 heterocycles. The first-order valence-corrected chi connectivity index (χ1v) is 7.47. The van der Waals surface area contributed by atoms with Crippen molar-refractivity contribution < 1.29 is 0 Å². The highest BCUT2D eigenvalue weighted by atomic mass is 15.1. The van der Waals surface area contributed by atoms with Crippen molar-refractivity contribution in [2.45, 2.75) is 26.3 Å². The average molecular weight is 279 g/mol. The lowest BCUT2D eigenvalue weighted by Crippen LogP contribution is -2.13. The summed E-state index contributed by atoms with van der Waals surface area (Å²) in [5.41, 5.74) is 3.54. The van der Waals surface area contributed by atoms with E-state index in [9.17, 15) is 0 Å². The number of rotatable bonds is 5. The van der Waals surface area contributed by atoms with Gasteiger partial charge in [0.1, 0.15) is 0 Å². The molecule has 108 valence electrons. The molecule has 0 radical (unpaired) electrons. The predicted molar refractivity (Wildman–Crippen MR) is 88.4 cm³/mol. The van der Waals surface area contributed by atoms with Crippen molar-refractivity contribution in [2.24, 2.45) is 5.92 Å². The quantitative estimate of drug-likeness (QED) is 0.706. The van der Waals surface area contributed by atoms with E-state index in [-0.39, 0.29) is 0 Å². The Balaban J connectivity index is 1.86. The van der Waals surface area contributed by atoms with Gasteiger partial charge in [0.15, 0.2) is 0 Å². The van der Waals surface area contributed by atoms with E-state index in [4.69, 9.17) is 0 Å². The lowest BCUT2D eigenvalue weighted by Gasteiger charge is -2.22. The van der Waals surface area contributed by atoms with Crippen LogP contribution in [0.2, 0.25) is 0 Å². The van der Waals surface area contributed by atoms with Crippen LogP contribution in [0.1, 0.15) is 31.9 Å². The van der Waals surface area contributed by atoms with E-state index in [1.807, 2.05) is 6.20 Å². The maximum absolute atomic E-state index is 4.08. The van der Waals surface area contributed by atoms with Crippen LogP contribution < -0.4 is 5.32 Å². The van der Waals surface area contributed by atoms with Crippen molar-refractivity contribution in [3.63, 3.8) is 0 Å². The molecule has 0 amide bonds. The van der Waals surface area contributed by atoms with Gasteiger partial charge in [-0.25, -0.2) is 0 Å². The van der Waals surface area contributed by atoms with Crippen LogP contribution in [-0.2, 0) is 0 Å². The summed E-state index contributed by atoms with van der Waals surface area (Å²) < 4.78 is 0. The number of nitrogens with one attached hydrogen (secondary N) is 2. The Morgan fingerprint density at radius 2 is 1.90 bits per heavy atom. The van der Waals surface area contributed by atoms with Crippen LogP contribution in [-0.4, -0.2) is 10.2 Å². The second-order valence-corrected chi connectivity index (χ2v) is 5.91. The van der Waals surface area contributed by atoms with Crippen LogP contribution in [0.4, 0.5) is 5.69 Å². The zero-order valence-corrected chi connectivity index (χ0v) is 12.5. The third-order valence-corrected chi connectivity index (χ3v) is 3.69. The first-order valence-electron chi connectivity index (χ1n) is 7.47. The van der Waals surface area contributed by atoms with Crippen LogP contribution in [0.15, 0.2) is 54.7 Å². The minimum atomic E-state index is 0.329. The Labute approximate surface area is 125 Å². The summed E-state index contributed by atoms with van der Waals surface area (Å²) in [7, 11) is 0. The molecule has 0 aliphatic heterocycles. The number of hydrogen-bond acceptors (Lipinski definition) is 2. The SMILES string of the molecule is CC(C)CC(Nc1ccc2[nH]ncc2c1)c1ccccc1. The highest BCUT2D eigenvalue weighted by Gasteiger charge is 2.13. The summed E-state index contributed by atoms with van der Waals surface area (Å²) in [4.78, 5) is 0.